The van der Waals surface area contributed by atoms with Crippen LogP contribution in [-0.4, -0.2) is 44.1 Å². The molecule has 1 aliphatic heterocycles. The van der Waals surface area contributed by atoms with Crippen molar-refractivity contribution in [2.24, 2.45) is 0 Å². The maximum absolute atomic E-state index is 12.9. The topological polar surface area (TPSA) is 92.9 Å². The molecule has 1 fully saturated rings. The van der Waals surface area contributed by atoms with E-state index in [1.54, 1.807) is 6.07 Å². The molecule has 2 rings (SSSR count). The lowest BCUT2D eigenvalue weighted by Gasteiger charge is -2.28. The van der Waals surface area contributed by atoms with Crippen molar-refractivity contribution in [3.8, 4) is 5.75 Å². The molecule has 0 aromatic heterocycles. The molecule has 1 aliphatic rings. The summed E-state index contributed by atoms with van der Waals surface area (Å²) in [5.74, 6) is 0.232. The number of nitrogens with two attached hydrogens (primary N) is 1. The number of nitrogen functional groups attached to an aromatic ring is 1. The quantitative estimate of drug-likeness (QED) is 0.815. The molecular formula is C14H22N2O4S. The van der Waals surface area contributed by atoms with Gasteiger partial charge in [0.1, 0.15) is 10.6 Å². The van der Waals surface area contributed by atoms with E-state index in [0.29, 0.717) is 18.7 Å². The van der Waals surface area contributed by atoms with Crippen LogP contribution >= 0.6 is 0 Å². The Hall–Kier alpha value is -1.31. The van der Waals surface area contributed by atoms with Gasteiger partial charge in [0.15, 0.2) is 0 Å². The lowest BCUT2D eigenvalue weighted by atomic mass is 10.1. The van der Waals surface area contributed by atoms with Crippen molar-refractivity contribution in [2.75, 3.05) is 26.0 Å². The van der Waals surface area contributed by atoms with Gasteiger partial charge >= 0.3 is 0 Å². The van der Waals surface area contributed by atoms with E-state index in [9.17, 15) is 13.5 Å². The molecule has 1 heterocycles. The van der Waals surface area contributed by atoms with Gasteiger partial charge in [-0.3, -0.25) is 0 Å². The molecular weight excluding hydrogens is 292 g/mol. The Kier molecular flexibility index (Phi) is 5.08. The van der Waals surface area contributed by atoms with Crippen molar-refractivity contribution in [3.05, 3.63) is 18.2 Å². The van der Waals surface area contributed by atoms with Crippen molar-refractivity contribution in [1.29, 1.82) is 0 Å². The molecule has 0 spiro atoms. The molecule has 21 heavy (non-hydrogen) atoms. The fourth-order valence-corrected chi connectivity index (χ4v) is 4.50. The van der Waals surface area contributed by atoms with Gasteiger partial charge in [-0.25, -0.2) is 8.42 Å². The standard InChI is InChI=1S/C14H22N2O4S/c1-20-13-9-11(15)6-7-14(13)21(18,19)16-8-4-2-3-5-12(16)10-17/h6-7,9,12,17H,2-5,8,10,15H2,1H3. The fraction of sp³-hybridized carbons (Fsp3) is 0.571. The minimum atomic E-state index is -3.71. The molecule has 1 atom stereocenters. The molecule has 0 aliphatic carbocycles. The van der Waals surface area contributed by atoms with Gasteiger partial charge in [-0.2, -0.15) is 4.31 Å². The number of methoxy groups -OCH3 is 1. The van der Waals surface area contributed by atoms with Crippen molar-refractivity contribution >= 4 is 15.7 Å². The molecule has 1 saturated heterocycles. The third kappa shape index (κ3) is 3.30. The number of aliphatic hydroxyl groups is 1. The minimum Gasteiger partial charge on any atom is -0.495 e. The average Bonchev–Trinajstić information content (AvgIpc) is 2.72. The second kappa shape index (κ2) is 6.64. The van der Waals surface area contributed by atoms with Gasteiger partial charge in [0, 0.05) is 24.3 Å². The van der Waals surface area contributed by atoms with E-state index in [0.717, 1.165) is 19.3 Å². The van der Waals surface area contributed by atoms with Gasteiger partial charge in [0.2, 0.25) is 10.0 Å². The Balaban J connectivity index is 2.44. The summed E-state index contributed by atoms with van der Waals surface area (Å²) in [6.45, 7) is 0.248. The van der Waals surface area contributed by atoms with Crippen LogP contribution in [0.25, 0.3) is 0 Å². The molecule has 118 valence electrons. The van der Waals surface area contributed by atoms with E-state index in [1.165, 1.54) is 23.5 Å². The Morgan fingerprint density at radius 1 is 1.38 bits per heavy atom. The van der Waals surface area contributed by atoms with E-state index in [1.807, 2.05) is 0 Å². The maximum Gasteiger partial charge on any atom is 0.247 e. The summed E-state index contributed by atoms with van der Waals surface area (Å²) in [7, 11) is -2.30. The summed E-state index contributed by atoms with van der Waals surface area (Å²) in [6, 6.07) is 4.13. The van der Waals surface area contributed by atoms with Gasteiger partial charge in [0.25, 0.3) is 0 Å². The zero-order chi connectivity index (χ0) is 15.5. The van der Waals surface area contributed by atoms with Gasteiger partial charge in [-0.1, -0.05) is 12.8 Å². The Bertz CT molecular complexity index is 589. The molecule has 1 aromatic rings. The second-order valence-electron chi connectivity index (χ2n) is 5.21. The van der Waals surface area contributed by atoms with E-state index in [2.05, 4.69) is 0 Å². The highest BCUT2D eigenvalue weighted by Crippen LogP contribution is 2.31. The minimum absolute atomic E-state index is 0.0968. The zero-order valence-electron chi connectivity index (χ0n) is 12.2. The van der Waals surface area contributed by atoms with E-state index in [-0.39, 0.29) is 23.3 Å². The third-order valence-corrected chi connectivity index (χ3v) is 5.80. The number of anilines is 1. The number of aliphatic hydroxyl groups excluding tert-OH is 1. The van der Waals surface area contributed by atoms with Crippen LogP contribution in [0.4, 0.5) is 5.69 Å². The van der Waals surface area contributed by atoms with Crippen molar-refractivity contribution < 1.29 is 18.3 Å². The van der Waals surface area contributed by atoms with Crippen molar-refractivity contribution in [2.45, 2.75) is 36.6 Å². The highest BCUT2D eigenvalue weighted by Gasteiger charge is 2.33. The molecule has 1 unspecified atom stereocenters. The van der Waals surface area contributed by atoms with Gasteiger partial charge in [-0.15, -0.1) is 0 Å². The molecule has 1 aromatic carbocycles. The van der Waals surface area contributed by atoms with Gasteiger partial charge in [-0.05, 0) is 25.0 Å². The number of hydrogen-bond acceptors (Lipinski definition) is 5. The number of ether oxygens (including phenoxy) is 1. The summed E-state index contributed by atoms with van der Waals surface area (Å²) in [5, 5.41) is 9.51. The lowest BCUT2D eigenvalue weighted by Crippen LogP contribution is -2.42. The van der Waals surface area contributed by atoms with Crippen LogP contribution in [0.5, 0.6) is 5.75 Å². The molecule has 0 amide bonds. The molecule has 7 heteroatoms. The molecule has 0 bridgehead atoms. The summed E-state index contributed by atoms with van der Waals surface area (Å²) in [5.41, 5.74) is 6.12. The molecule has 0 radical (unpaired) electrons. The van der Waals surface area contributed by atoms with Crippen LogP contribution in [0, 0.1) is 0 Å². The Labute approximate surface area is 125 Å². The third-order valence-electron chi connectivity index (χ3n) is 3.81. The zero-order valence-corrected chi connectivity index (χ0v) is 13.0. The first-order valence-electron chi connectivity index (χ1n) is 7.07. The number of rotatable bonds is 4. The van der Waals surface area contributed by atoms with Crippen LogP contribution in [0.2, 0.25) is 0 Å². The largest absolute Gasteiger partial charge is 0.495 e. The molecule has 3 N–H and O–H groups in total. The highest BCUT2D eigenvalue weighted by molar-refractivity contribution is 7.89. The van der Waals surface area contributed by atoms with Gasteiger partial charge < -0.3 is 15.6 Å². The smallest absolute Gasteiger partial charge is 0.247 e. The van der Waals surface area contributed by atoms with Crippen LogP contribution in [0.1, 0.15) is 25.7 Å². The van der Waals surface area contributed by atoms with Crippen LogP contribution < -0.4 is 10.5 Å². The number of nitrogens with zero attached hydrogens (tertiary/aromatic N) is 1. The second-order valence-corrected chi connectivity index (χ2v) is 7.07. The number of hydrogen-bond donors (Lipinski definition) is 2. The Morgan fingerprint density at radius 3 is 2.81 bits per heavy atom. The van der Waals surface area contributed by atoms with E-state index >= 15 is 0 Å². The van der Waals surface area contributed by atoms with Crippen LogP contribution in [-0.2, 0) is 10.0 Å². The maximum atomic E-state index is 12.9. The van der Waals surface area contributed by atoms with Gasteiger partial charge in [0.05, 0.1) is 13.7 Å². The first-order chi connectivity index (χ1) is 10.0. The van der Waals surface area contributed by atoms with Crippen LogP contribution in [0.15, 0.2) is 23.1 Å². The highest BCUT2D eigenvalue weighted by atomic mass is 32.2. The monoisotopic (exact) mass is 314 g/mol. The SMILES string of the molecule is COc1cc(N)ccc1S(=O)(=O)N1CCCCCC1CO. The first kappa shape index (κ1) is 16.1. The predicted molar refractivity (Wildman–Crippen MR) is 80.6 cm³/mol. The predicted octanol–water partition coefficient (Wildman–Crippen LogP) is 1.20. The lowest BCUT2D eigenvalue weighted by molar-refractivity contribution is 0.186. The normalized spacial score (nSPS) is 21.0. The number of benzene rings is 1. The summed E-state index contributed by atoms with van der Waals surface area (Å²) >= 11 is 0. The summed E-state index contributed by atoms with van der Waals surface area (Å²) in [6.07, 6.45) is 3.37. The average molecular weight is 314 g/mol. The number of sulfonamides is 1. The van der Waals surface area contributed by atoms with E-state index in [4.69, 9.17) is 10.5 Å². The molecule has 0 saturated carbocycles. The van der Waals surface area contributed by atoms with Crippen molar-refractivity contribution in [1.82, 2.24) is 4.31 Å². The first-order valence-corrected chi connectivity index (χ1v) is 8.51. The fourth-order valence-electron chi connectivity index (χ4n) is 2.67. The Morgan fingerprint density at radius 2 is 2.14 bits per heavy atom. The summed E-state index contributed by atoms with van der Waals surface area (Å²) < 4.78 is 32.3. The molecule has 6 nitrogen and oxygen atoms in total. The van der Waals surface area contributed by atoms with E-state index < -0.39 is 10.0 Å². The summed E-state index contributed by atoms with van der Waals surface area (Å²) in [4.78, 5) is 0.0968. The van der Waals surface area contributed by atoms with Crippen LogP contribution in [0.3, 0.4) is 0 Å². The van der Waals surface area contributed by atoms with Crippen molar-refractivity contribution in [3.63, 3.8) is 0 Å².